The molecule has 0 spiro atoms. The smallest absolute Gasteiger partial charge is 0.335 e. The molecule has 5 nitrogen and oxygen atoms in total. The second-order valence-electron chi connectivity index (χ2n) is 2.29. The lowest BCUT2D eigenvalue weighted by molar-refractivity contribution is -0.127. The van der Waals surface area contributed by atoms with Gasteiger partial charge in [-0.1, -0.05) is 0 Å². The maximum atomic E-state index is 11.1. The molecule has 0 aromatic carbocycles. The van der Waals surface area contributed by atoms with Crippen LogP contribution >= 0.6 is 0 Å². The van der Waals surface area contributed by atoms with Crippen LogP contribution in [-0.4, -0.2) is 16.9 Å². The summed E-state index contributed by atoms with van der Waals surface area (Å²) in [7, 11) is 0. The molecule has 0 aliphatic rings. The molecule has 1 aromatic heterocycles. The Morgan fingerprint density at radius 3 is 2.85 bits per heavy atom. The number of aromatic nitrogens is 1. The van der Waals surface area contributed by atoms with Crippen LogP contribution in [0.1, 0.15) is 17.3 Å². The highest BCUT2D eigenvalue weighted by Gasteiger charge is 2.06. The van der Waals surface area contributed by atoms with Crippen LogP contribution in [-0.2, 0) is 9.63 Å². The standard InChI is InChI=1S/C8H8N2O3/c1-6(11)10-13-8(12)7-3-2-4-9-5-7/h2-5H,1H3,(H,10,11). The van der Waals surface area contributed by atoms with Crippen molar-refractivity contribution < 1.29 is 14.4 Å². The van der Waals surface area contributed by atoms with E-state index in [2.05, 4.69) is 9.82 Å². The lowest BCUT2D eigenvalue weighted by atomic mass is 10.3. The van der Waals surface area contributed by atoms with Crippen LogP contribution in [0.25, 0.3) is 0 Å². The summed E-state index contributed by atoms with van der Waals surface area (Å²) in [5.74, 6) is -1.07. The van der Waals surface area contributed by atoms with Crippen molar-refractivity contribution in [2.45, 2.75) is 6.92 Å². The molecule has 13 heavy (non-hydrogen) atoms. The zero-order valence-electron chi connectivity index (χ0n) is 6.98. The van der Waals surface area contributed by atoms with Gasteiger partial charge in [0.2, 0.25) is 5.91 Å². The molecule has 68 valence electrons. The van der Waals surface area contributed by atoms with E-state index in [9.17, 15) is 9.59 Å². The second kappa shape index (κ2) is 4.20. The van der Waals surface area contributed by atoms with Gasteiger partial charge < -0.3 is 4.84 Å². The molecule has 1 amide bonds. The molecular formula is C8H8N2O3. The van der Waals surface area contributed by atoms with Crippen LogP contribution in [0.5, 0.6) is 0 Å². The van der Waals surface area contributed by atoms with Gasteiger partial charge in [0, 0.05) is 19.3 Å². The minimum atomic E-state index is -0.636. The van der Waals surface area contributed by atoms with Crippen LogP contribution in [0.15, 0.2) is 24.5 Å². The lowest BCUT2D eigenvalue weighted by Gasteiger charge is -2.01. The molecule has 0 saturated heterocycles. The molecule has 5 heteroatoms. The third kappa shape index (κ3) is 2.90. The predicted molar refractivity (Wildman–Crippen MR) is 43.5 cm³/mol. The molecular weight excluding hydrogens is 172 g/mol. The fourth-order valence-electron chi connectivity index (χ4n) is 0.661. The number of pyridine rings is 1. The van der Waals surface area contributed by atoms with Crippen molar-refractivity contribution >= 4 is 11.9 Å². The van der Waals surface area contributed by atoms with Crippen molar-refractivity contribution in [2.24, 2.45) is 0 Å². The van der Waals surface area contributed by atoms with E-state index in [1.807, 2.05) is 5.48 Å². The van der Waals surface area contributed by atoms with E-state index in [0.29, 0.717) is 0 Å². The highest BCUT2D eigenvalue weighted by atomic mass is 16.7. The molecule has 0 radical (unpaired) electrons. The first kappa shape index (κ1) is 9.18. The van der Waals surface area contributed by atoms with Crippen molar-refractivity contribution in [1.82, 2.24) is 10.5 Å². The quantitative estimate of drug-likeness (QED) is 0.630. The number of nitrogens with zero attached hydrogens (tertiary/aromatic N) is 1. The van der Waals surface area contributed by atoms with E-state index in [1.165, 1.54) is 25.4 Å². The van der Waals surface area contributed by atoms with E-state index >= 15 is 0 Å². The Morgan fingerprint density at radius 2 is 2.31 bits per heavy atom. The molecule has 0 atom stereocenters. The van der Waals surface area contributed by atoms with E-state index in [0.717, 1.165) is 0 Å². The summed E-state index contributed by atoms with van der Waals surface area (Å²) in [4.78, 5) is 29.6. The van der Waals surface area contributed by atoms with Gasteiger partial charge in [-0.15, -0.1) is 0 Å². The summed E-state index contributed by atoms with van der Waals surface area (Å²) in [6.45, 7) is 1.25. The number of hydrogen-bond donors (Lipinski definition) is 1. The van der Waals surface area contributed by atoms with Gasteiger partial charge in [0.1, 0.15) is 0 Å². The van der Waals surface area contributed by atoms with Crippen molar-refractivity contribution in [3.05, 3.63) is 30.1 Å². The monoisotopic (exact) mass is 180 g/mol. The number of carbonyl (C=O) groups is 2. The highest BCUT2D eigenvalue weighted by Crippen LogP contribution is 1.96. The zero-order chi connectivity index (χ0) is 9.68. The molecule has 0 aliphatic carbocycles. The van der Waals surface area contributed by atoms with Gasteiger partial charge in [-0.3, -0.25) is 9.78 Å². The molecule has 0 saturated carbocycles. The molecule has 1 aromatic rings. The van der Waals surface area contributed by atoms with E-state index in [-0.39, 0.29) is 5.56 Å². The molecule has 0 fully saturated rings. The van der Waals surface area contributed by atoms with Crippen LogP contribution in [0, 0.1) is 0 Å². The molecule has 0 bridgehead atoms. The summed E-state index contributed by atoms with van der Waals surface area (Å²) in [5.41, 5.74) is 2.22. The Labute approximate surface area is 74.7 Å². The largest absolute Gasteiger partial charge is 0.364 e. The Hall–Kier alpha value is -1.91. The maximum Gasteiger partial charge on any atom is 0.364 e. The van der Waals surface area contributed by atoms with Crippen molar-refractivity contribution in [3.8, 4) is 0 Å². The van der Waals surface area contributed by atoms with Gasteiger partial charge in [-0.25, -0.2) is 4.79 Å². The second-order valence-corrected chi connectivity index (χ2v) is 2.29. The number of carbonyl (C=O) groups excluding carboxylic acids is 2. The summed E-state index contributed by atoms with van der Waals surface area (Å²) in [5, 5.41) is 0. The number of rotatable bonds is 1. The Kier molecular flexibility index (Phi) is 2.97. The summed E-state index contributed by atoms with van der Waals surface area (Å²) in [6.07, 6.45) is 2.89. The van der Waals surface area contributed by atoms with Crippen LogP contribution < -0.4 is 5.48 Å². The number of amides is 1. The van der Waals surface area contributed by atoms with Gasteiger partial charge in [0.05, 0.1) is 5.56 Å². The molecule has 0 aliphatic heterocycles. The highest BCUT2D eigenvalue weighted by molar-refractivity contribution is 5.89. The Morgan fingerprint density at radius 1 is 1.54 bits per heavy atom. The molecule has 0 unspecified atom stereocenters. The van der Waals surface area contributed by atoms with E-state index < -0.39 is 11.9 Å². The van der Waals surface area contributed by atoms with Gasteiger partial charge in [0.25, 0.3) is 0 Å². The third-order valence-corrected chi connectivity index (χ3v) is 1.18. The van der Waals surface area contributed by atoms with Crippen LogP contribution in [0.4, 0.5) is 0 Å². The normalized spacial score (nSPS) is 9.00. The predicted octanol–water partition coefficient (Wildman–Crippen LogP) is 0.290. The fraction of sp³-hybridized carbons (Fsp3) is 0.125. The number of hydroxylamine groups is 1. The third-order valence-electron chi connectivity index (χ3n) is 1.18. The number of nitrogens with one attached hydrogen (secondary N) is 1. The zero-order valence-corrected chi connectivity index (χ0v) is 6.98. The molecule has 1 rings (SSSR count). The van der Waals surface area contributed by atoms with Gasteiger partial charge in [-0.05, 0) is 12.1 Å². The average molecular weight is 180 g/mol. The first-order valence-corrected chi connectivity index (χ1v) is 3.58. The first-order valence-electron chi connectivity index (χ1n) is 3.58. The minimum Gasteiger partial charge on any atom is -0.335 e. The maximum absolute atomic E-state index is 11.1. The topological polar surface area (TPSA) is 68.3 Å². The average Bonchev–Trinajstić information content (AvgIpc) is 2.15. The van der Waals surface area contributed by atoms with Gasteiger partial charge >= 0.3 is 5.97 Å². The summed E-state index contributed by atoms with van der Waals surface area (Å²) >= 11 is 0. The van der Waals surface area contributed by atoms with Crippen molar-refractivity contribution in [2.75, 3.05) is 0 Å². The van der Waals surface area contributed by atoms with Crippen LogP contribution in [0.2, 0.25) is 0 Å². The lowest BCUT2D eigenvalue weighted by Crippen LogP contribution is -2.24. The van der Waals surface area contributed by atoms with Gasteiger partial charge in [-0.2, -0.15) is 5.48 Å². The summed E-state index contributed by atoms with van der Waals surface area (Å²) < 4.78 is 0. The fourth-order valence-corrected chi connectivity index (χ4v) is 0.661. The summed E-state index contributed by atoms with van der Waals surface area (Å²) in [6, 6.07) is 3.14. The van der Waals surface area contributed by atoms with Crippen molar-refractivity contribution in [3.63, 3.8) is 0 Å². The Bertz CT molecular complexity index is 310. The van der Waals surface area contributed by atoms with E-state index in [4.69, 9.17) is 0 Å². The van der Waals surface area contributed by atoms with E-state index in [1.54, 1.807) is 6.07 Å². The SMILES string of the molecule is CC(=O)NOC(=O)c1cccnc1. The molecule has 1 heterocycles. The Balaban J connectivity index is 2.54. The van der Waals surface area contributed by atoms with Crippen molar-refractivity contribution in [1.29, 1.82) is 0 Å². The van der Waals surface area contributed by atoms with Gasteiger partial charge in [0.15, 0.2) is 0 Å². The molecule has 1 N–H and O–H groups in total. The number of hydrogen-bond acceptors (Lipinski definition) is 4. The minimum absolute atomic E-state index is 0.288. The van der Waals surface area contributed by atoms with Crippen LogP contribution in [0.3, 0.4) is 0 Å². The first-order chi connectivity index (χ1) is 6.20.